The summed E-state index contributed by atoms with van der Waals surface area (Å²) in [5.41, 5.74) is 0.374. The molecule has 0 saturated heterocycles. The van der Waals surface area contributed by atoms with E-state index in [0.717, 1.165) is 11.1 Å². The van der Waals surface area contributed by atoms with Crippen molar-refractivity contribution < 1.29 is 27.5 Å². The molecule has 0 bridgehead atoms. The number of amides is 2. The zero-order valence-electron chi connectivity index (χ0n) is 13.9. The Hall–Kier alpha value is -3.36. The third-order valence-corrected chi connectivity index (χ3v) is 3.66. The summed E-state index contributed by atoms with van der Waals surface area (Å²) in [7, 11) is 0. The molecule has 0 radical (unpaired) electrons. The molecule has 1 N–H and O–H groups in total. The number of carbonyl (C=O) groups is 2. The predicted molar refractivity (Wildman–Crippen MR) is 92.4 cm³/mol. The van der Waals surface area contributed by atoms with Gasteiger partial charge in [0.05, 0.1) is 11.4 Å². The smallest absolute Gasteiger partial charge is 0.404 e. The Bertz CT molecular complexity index is 882. The molecule has 0 spiro atoms. The Morgan fingerprint density at radius 1 is 1.04 bits per heavy atom. The highest BCUT2D eigenvalue weighted by Crippen LogP contribution is 2.30. The lowest BCUT2D eigenvalue weighted by molar-refractivity contribution is -0.274. The Labute approximate surface area is 152 Å². The second kappa shape index (κ2) is 7.48. The number of ether oxygens (including phenoxy) is 1. The van der Waals surface area contributed by atoms with Crippen LogP contribution in [-0.4, -0.2) is 23.9 Å². The Morgan fingerprint density at radius 2 is 1.70 bits per heavy atom. The molecule has 0 atom stereocenters. The lowest BCUT2D eigenvalue weighted by atomic mass is 10.1. The van der Waals surface area contributed by atoms with Gasteiger partial charge in [-0.1, -0.05) is 30.3 Å². The van der Waals surface area contributed by atoms with Crippen LogP contribution in [0.3, 0.4) is 0 Å². The number of carbonyl (C=O) groups excluding carboxylic acids is 2. The molecule has 0 fully saturated rings. The lowest BCUT2D eigenvalue weighted by Crippen LogP contribution is -2.36. The summed E-state index contributed by atoms with van der Waals surface area (Å²) in [5, 5.41) is 7.52. The van der Waals surface area contributed by atoms with Crippen LogP contribution >= 0.6 is 0 Å². The van der Waals surface area contributed by atoms with Crippen LogP contribution < -0.4 is 15.1 Å². The zero-order chi connectivity index (χ0) is 19.4. The van der Waals surface area contributed by atoms with Crippen molar-refractivity contribution in [1.82, 2.24) is 0 Å². The average molecular weight is 377 g/mol. The van der Waals surface area contributed by atoms with Gasteiger partial charge < -0.3 is 10.1 Å². The summed E-state index contributed by atoms with van der Waals surface area (Å²) in [6, 6.07) is 13.7. The molecular weight excluding hydrogens is 363 g/mol. The van der Waals surface area contributed by atoms with Crippen molar-refractivity contribution in [1.29, 1.82) is 0 Å². The number of rotatable bonds is 4. The normalized spacial score (nSPS) is 14.6. The topological polar surface area (TPSA) is 71.0 Å². The first kappa shape index (κ1) is 18.4. The summed E-state index contributed by atoms with van der Waals surface area (Å²) in [6.07, 6.45) is -4.75. The first-order valence-electron chi connectivity index (χ1n) is 7.95. The van der Waals surface area contributed by atoms with Crippen molar-refractivity contribution in [2.75, 3.05) is 10.3 Å². The van der Waals surface area contributed by atoms with E-state index >= 15 is 0 Å². The first-order chi connectivity index (χ1) is 12.8. The number of hydrogen-bond acceptors (Lipinski definition) is 4. The van der Waals surface area contributed by atoms with Gasteiger partial charge in [-0.2, -0.15) is 5.10 Å². The molecule has 9 heteroatoms. The van der Waals surface area contributed by atoms with Crippen LogP contribution in [0.5, 0.6) is 5.75 Å². The molecule has 1 heterocycles. The summed E-state index contributed by atoms with van der Waals surface area (Å²) < 4.78 is 41.4. The molecule has 3 rings (SSSR count). The summed E-state index contributed by atoms with van der Waals surface area (Å²) in [5.74, 6) is -1.52. The molecule has 6 nitrogen and oxygen atoms in total. The molecule has 1 aliphatic rings. The zero-order valence-corrected chi connectivity index (χ0v) is 13.9. The fourth-order valence-electron chi connectivity index (χ4n) is 2.47. The third-order valence-electron chi connectivity index (χ3n) is 3.66. The fourth-order valence-corrected chi connectivity index (χ4v) is 2.47. The molecule has 0 aliphatic carbocycles. The number of anilines is 2. The minimum atomic E-state index is -4.89. The van der Waals surface area contributed by atoms with Gasteiger partial charge in [0, 0.05) is 12.8 Å². The Balaban J connectivity index is 1.81. The molecule has 0 aromatic heterocycles. The molecular formula is C18H14F3N3O3. The van der Waals surface area contributed by atoms with Crippen molar-refractivity contribution in [2.45, 2.75) is 19.2 Å². The number of nitrogens with one attached hydrogen (secondary N) is 1. The first-order valence-corrected chi connectivity index (χ1v) is 7.95. The van der Waals surface area contributed by atoms with E-state index in [1.165, 1.54) is 18.2 Å². The molecule has 27 heavy (non-hydrogen) atoms. The van der Waals surface area contributed by atoms with Crippen LogP contribution in [0.4, 0.5) is 24.5 Å². The summed E-state index contributed by atoms with van der Waals surface area (Å²) in [4.78, 5) is 24.5. The van der Waals surface area contributed by atoms with Crippen molar-refractivity contribution >= 4 is 28.9 Å². The maximum absolute atomic E-state index is 12.5. The summed E-state index contributed by atoms with van der Waals surface area (Å²) >= 11 is 0. The van der Waals surface area contributed by atoms with E-state index in [9.17, 15) is 22.8 Å². The van der Waals surface area contributed by atoms with E-state index in [1.807, 2.05) is 0 Å². The lowest BCUT2D eigenvalue weighted by Gasteiger charge is -2.23. The van der Waals surface area contributed by atoms with E-state index in [2.05, 4.69) is 15.2 Å². The maximum Gasteiger partial charge on any atom is 0.573 e. The molecule has 0 unspecified atom stereocenters. The Kier molecular flexibility index (Phi) is 5.11. The number of alkyl halides is 3. The van der Waals surface area contributed by atoms with Crippen molar-refractivity contribution in [3.05, 3.63) is 54.6 Å². The molecule has 2 amide bonds. The molecule has 2 aromatic rings. The van der Waals surface area contributed by atoms with Crippen LogP contribution in [0.25, 0.3) is 0 Å². The van der Waals surface area contributed by atoms with Gasteiger partial charge in [0.2, 0.25) is 5.91 Å². The van der Waals surface area contributed by atoms with E-state index < -0.39 is 18.0 Å². The minimum absolute atomic E-state index is 0.0280. The molecule has 140 valence electrons. The highest BCUT2D eigenvalue weighted by molar-refractivity contribution is 6.44. The molecule has 2 aromatic carbocycles. The predicted octanol–water partition coefficient (Wildman–Crippen LogP) is 3.71. The number of para-hydroxylation sites is 3. The van der Waals surface area contributed by atoms with Gasteiger partial charge in [0.15, 0.2) is 5.75 Å². The van der Waals surface area contributed by atoms with Gasteiger partial charge in [-0.05, 0) is 24.3 Å². The van der Waals surface area contributed by atoms with Gasteiger partial charge in [0.25, 0.3) is 5.91 Å². The SMILES string of the molecule is O=C(Nc1ccccc1OC(F)(F)F)C1=NN(c2ccccc2)C(=O)CC1. The minimum Gasteiger partial charge on any atom is -0.404 e. The highest BCUT2D eigenvalue weighted by atomic mass is 19.4. The number of halogens is 3. The van der Waals surface area contributed by atoms with Crippen LogP contribution in [0.15, 0.2) is 59.7 Å². The van der Waals surface area contributed by atoms with Crippen LogP contribution in [-0.2, 0) is 9.59 Å². The summed E-state index contributed by atoms with van der Waals surface area (Å²) in [6.45, 7) is 0. The number of nitrogens with zero attached hydrogens (tertiary/aromatic N) is 2. The fraction of sp³-hybridized carbons (Fsp3) is 0.167. The van der Waals surface area contributed by atoms with Crippen molar-refractivity contribution in [3.8, 4) is 5.75 Å². The van der Waals surface area contributed by atoms with Crippen LogP contribution in [0, 0.1) is 0 Å². The maximum atomic E-state index is 12.5. The largest absolute Gasteiger partial charge is 0.573 e. The van der Waals surface area contributed by atoms with E-state index in [-0.39, 0.29) is 30.1 Å². The second-order valence-corrected chi connectivity index (χ2v) is 5.59. The third kappa shape index (κ3) is 4.63. The molecule has 1 aliphatic heterocycles. The van der Waals surface area contributed by atoms with E-state index in [1.54, 1.807) is 30.3 Å². The highest BCUT2D eigenvalue weighted by Gasteiger charge is 2.32. The monoisotopic (exact) mass is 377 g/mol. The van der Waals surface area contributed by atoms with Crippen LogP contribution in [0.1, 0.15) is 12.8 Å². The van der Waals surface area contributed by atoms with Gasteiger partial charge in [-0.3, -0.25) is 9.59 Å². The van der Waals surface area contributed by atoms with E-state index in [0.29, 0.717) is 5.69 Å². The van der Waals surface area contributed by atoms with Crippen LogP contribution in [0.2, 0.25) is 0 Å². The van der Waals surface area contributed by atoms with Gasteiger partial charge in [0.1, 0.15) is 5.71 Å². The Morgan fingerprint density at radius 3 is 2.41 bits per heavy atom. The number of hydrogen-bond donors (Lipinski definition) is 1. The second-order valence-electron chi connectivity index (χ2n) is 5.59. The number of benzene rings is 2. The van der Waals surface area contributed by atoms with Gasteiger partial charge in [-0.25, -0.2) is 5.01 Å². The van der Waals surface area contributed by atoms with Crippen molar-refractivity contribution in [3.63, 3.8) is 0 Å². The standard InChI is InChI=1S/C18H14F3N3O3/c19-18(20,21)27-15-9-5-4-8-13(15)22-17(26)14-10-11-16(25)24(23-14)12-6-2-1-3-7-12/h1-9H,10-11H2,(H,22,26). The van der Waals surface area contributed by atoms with Crippen molar-refractivity contribution in [2.24, 2.45) is 5.10 Å². The van der Waals surface area contributed by atoms with E-state index in [4.69, 9.17) is 0 Å². The van der Waals surface area contributed by atoms with Gasteiger partial charge >= 0.3 is 6.36 Å². The molecule has 0 saturated carbocycles. The quantitative estimate of drug-likeness (QED) is 0.883. The number of hydrazone groups is 1. The average Bonchev–Trinajstić information content (AvgIpc) is 2.63. The van der Waals surface area contributed by atoms with Gasteiger partial charge in [-0.15, -0.1) is 13.2 Å².